The maximum Gasteiger partial charge on any atom is 0.273 e. The average molecular weight is 279 g/mol. The van der Waals surface area contributed by atoms with Crippen molar-refractivity contribution in [2.75, 3.05) is 0 Å². The van der Waals surface area contributed by atoms with Crippen LogP contribution in [-0.4, -0.2) is 24.2 Å². The zero-order chi connectivity index (χ0) is 13.8. The molecule has 0 bridgehead atoms. The van der Waals surface area contributed by atoms with Crippen LogP contribution in [0.2, 0.25) is 0 Å². The summed E-state index contributed by atoms with van der Waals surface area (Å²) >= 11 is 1.05. The number of amides is 1. The molecule has 0 aliphatic carbocycles. The van der Waals surface area contributed by atoms with Gasteiger partial charge in [0.1, 0.15) is 0 Å². The summed E-state index contributed by atoms with van der Waals surface area (Å²) in [5, 5.41) is 2.85. The van der Waals surface area contributed by atoms with E-state index < -0.39 is 0 Å². The molecular weight excluding hydrogens is 262 g/mol. The number of carbonyl (C=O) groups excluding carboxylic acids is 1. The Balaban J connectivity index is 1.98. The highest BCUT2D eigenvalue weighted by atomic mass is 32.1. The molecule has 0 fully saturated rings. The lowest BCUT2D eigenvalue weighted by atomic mass is 10.2. The molecule has 0 spiro atoms. The number of nitrogens with one attached hydrogen (secondary N) is 1. The number of hydrogen-bond donors (Lipinski definition) is 1. The largest absolute Gasteiger partial charge is 0.345 e. The number of hydrogen-bond acceptors (Lipinski definition) is 5. The second kappa shape index (κ2) is 5.92. The molecule has 0 saturated carbocycles. The Labute approximate surface area is 116 Å². The quantitative estimate of drug-likeness (QED) is 0.903. The summed E-state index contributed by atoms with van der Waals surface area (Å²) < 4.78 is 10.0. The predicted octanol–water partition coefficient (Wildman–Crippen LogP) is 1.63. The van der Waals surface area contributed by atoms with Crippen molar-refractivity contribution in [1.29, 1.82) is 0 Å². The van der Waals surface area contributed by atoms with E-state index in [4.69, 9.17) is 0 Å². The van der Waals surface area contributed by atoms with Gasteiger partial charge in [0, 0.05) is 12.7 Å². The van der Waals surface area contributed by atoms with Gasteiger partial charge >= 0.3 is 0 Å². The van der Waals surface area contributed by atoms with Crippen molar-refractivity contribution >= 4 is 17.6 Å². The van der Waals surface area contributed by atoms with Gasteiger partial charge in [-0.05, 0) is 12.8 Å². The van der Waals surface area contributed by atoms with E-state index >= 15 is 0 Å². The minimum atomic E-state index is -0.191. The molecule has 1 N–H and O–H groups in total. The van der Waals surface area contributed by atoms with Crippen molar-refractivity contribution in [3.63, 3.8) is 0 Å². The molecule has 0 aliphatic heterocycles. The van der Waals surface area contributed by atoms with Crippen LogP contribution in [0.4, 0.5) is 0 Å². The molecule has 0 saturated heterocycles. The van der Waals surface area contributed by atoms with Crippen LogP contribution in [0.25, 0.3) is 0 Å². The fourth-order valence-electron chi connectivity index (χ4n) is 1.75. The third-order valence-electron chi connectivity index (χ3n) is 2.66. The van der Waals surface area contributed by atoms with Crippen LogP contribution in [0.1, 0.15) is 35.7 Å². The summed E-state index contributed by atoms with van der Waals surface area (Å²) in [5.74, 6) is 0.345. The molecular formula is C12H17N5OS. The van der Waals surface area contributed by atoms with Crippen LogP contribution in [0.3, 0.4) is 0 Å². The van der Waals surface area contributed by atoms with Gasteiger partial charge < -0.3 is 9.88 Å². The first-order chi connectivity index (χ1) is 9.08. The standard InChI is InChI=1S/C12H17N5OS/c1-8(2)6-17-7-13-4-10(17)5-14-12(18)11-9(3)15-19-16-11/h4,7-8H,5-6H2,1-3H3,(H,14,18). The molecule has 6 nitrogen and oxygen atoms in total. The first-order valence-electron chi connectivity index (χ1n) is 6.14. The van der Waals surface area contributed by atoms with Gasteiger partial charge in [0.15, 0.2) is 5.69 Å². The van der Waals surface area contributed by atoms with E-state index in [1.54, 1.807) is 19.4 Å². The Bertz CT molecular complexity index is 560. The van der Waals surface area contributed by atoms with Crippen molar-refractivity contribution in [2.24, 2.45) is 5.92 Å². The topological polar surface area (TPSA) is 72.7 Å². The van der Waals surface area contributed by atoms with Crippen molar-refractivity contribution in [2.45, 2.75) is 33.9 Å². The Hall–Kier alpha value is -1.76. The third kappa shape index (κ3) is 3.37. The molecule has 2 aromatic rings. The second-order valence-corrected chi connectivity index (χ2v) is 5.34. The summed E-state index contributed by atoms with van der Waals surface area (Å²) in [7, 11) is 0. The van der Waals surface area contributed by atoms with Crippen molar-refractivity contribution in [3.05, 3.63) is 29.6 Å². The highest BCUT2D eigenvalue weighted by molar-refractivity contribution is 6.99. The molecule has 1 amide bonds. The Morgan fingerprint density at radius 3 is 2.89 bits per heavy atom. The van der Waals surface area contributed by atoms with E-state index in [1.165, 1.54) is 0 Å². The Kier molecular flexibility index (Phi) is 4.26. The van der Waals surface area contributed by atoms with Gasteiger partial charge in [0.05, 0.1) is 36.0 Å². The zero-order valence-corrected chi connectivity index (χ0v) is 12.1. The van der Waals surface area contributed by atoms with Gasteiger partial charge in [-0.2, -0.15) is 8.75 Å². The van der Waals surface area contributed by atoms with Crippen molar-refractivity contribution in [1.82, 2.24) is 23.6 Å². The highest BCUT2D eigenvalue weighted by Gasteiger charge is 2.13. The summed E-state index contributed by atoms with van der Waals surface area (Å²) in [4.78, 5) is 16.0. The molecule has 0 unspecified atom stereocenters. The van der Waals surface area contributed by atoms with Gasteiger partial charge in [-0.1, -0.05) is 13.8 Å². The normalized spacial score (nSPS) is 10.9. The summed E-state index contributed by atoms with van der Waals surface area (Å²) in [6, 6.07) is 0. The van der Waals surface area contributed by atoms with E-state index in [2.05, 4.69) is 37.5 Å². The monoisotopic (exact) mass is 279 g/mol. The molecule has 0 atom stereocenters. The van der Waals surface area contributed by atoms with Crippen LogP contribution < -0.4 is 5.32 Å². The smallest absolute Gasteiger partial charge is 0.273 e. The van der Waals surface area contributed by atoms with Gasteiger partial charge in [0.25, 0.3) is 5.91 Å². The van der Waals surface area contributed by atoms with E-state index in [1.807, 2.05) is 0 Å². The fourth-order valence-corrected chi connectivity index (χ4v) is 2.29. The third-order valence-corrected chi connectivity index (χ3v) is 3.28. The predicted molar refractivity (Wildman–Crippen MR) is 72.9 cm³/mol. The summed E-state index contributed by atoms with van der Waals surface area (Å²) in [5.41, 5.74) is 2.06. The van der Waals surface area contributed by atoms with Crippen LogP contribution >= 0.6 is 11.7 Å². The van der Waals surface area contributed by atoms with Crippen molar-refractivity contribution < 1.29 is 4.79 Å². The number of rotatable bonds is 5. The molecule has 19 heavy (non-hydrogen) atoms. The van der Waals surface area contributed by atoms with Crippen LogP contribution in [0.5, 0.6) is 0 Å². The maximum absolute atomic E-state index is 11.9. The second-order valence-electron chi connectivity index (χ2n) is 4.81. The first kappa shape index (κ1) is 13.7. The van der Waals surface area contributed by atoms with E-state index in [-0.39, 0.29) is 5.91 Å². The van der Waals surface area contributed by atoms with Gasteiger partial charge in [0.2, 0.25) is 0 Å². The first-order valence-corrected chi connectivity index (χ1v) is 6.87. The molecule has 7 heteroatoms. The molecule has 2 rings (SSSR count). The van der Waals surface area contributed by atoms with E-state index in [0.29, 0.717) is 23.9 Å². The fraction of sp³-hybridized carbons (Fsp3) is 0.500. The molecule has 0 aromatic carbocycles. The highest BCUT2D eigenvalue weighted by Crippen LogP contribution is 2.06. The maximum atomic E-state index is 11.9. The van der Waals surface area contributed by atoms with Crippen LogP contribution in [0, 0.1) is 12.8 Å². The van der Waals surface area contributed by atoms with Gasteiger partial charge in [-0.15, -0.1) is 0 Å². The number of carbonyl (C=O) groups is 1. The average Bonchev–Trinajstić information content (AvgIpc) is 2.94. The molecule has 2 aromatic heterocycles. The minimum Gasteiger partial charge on any atom is -0.345 e. The lowest BCUT2D eigenvalue weighted by Gasteiger charge is -2.10. The van der Waals surface area contributed by atoms with Crippen LogP contribution in [-0.2, 0) is 13.1 Å². The zero-order valence-electron chi connectivity index (χ0n) is 11.3. The van der Waals surface area contributed by atoms with E-state index in [0.717, 1.165) is 24.0 Å². The molecule has 102 valence electrons. The van der Waals surface area contributed by atoms with Crippen LogP contribution in [0.15, 0.2) is 12.5 Å². The number of nitrogens with zero attached hydrogens (tertiary/aromatic N) is 4. The lowest BCUT2D eigenvalue weighted by Crippen LogP contribution is -2.25. The summed E-state index contributed by atoms with van der Waals surface area (Å²) in [6.07, 6.45) is 3.56. The van der Waals surface area contributed by atoms with Gasteiger partial charge in [-0.3, -0.25) is 4.79 Å². The van der Waals surface area contributed by atoms with E-state index in [9.17, 15) is 4.79 Å². The van der Waals surface area contributed by atoms with Gasteiger partial charge in [-0.25, -0.2) is 4.98 Å². The SMILES string of the molecule is Cc1nsnc1C(=O)NCc1cncn1CC(C)C. The number of imidazole rings is 1. The summed E-state index contributed by atoms with van der Waals surface area (Å²) in [6.45, 7) is 7.41. The molecule has 0 aliphatic rings. The number of aromatic nitrogens is 4. The minimum absolute atomic E-state index is 0.191. The number of aryl methyl sites for hydroxylation is 1. The van der Waals surface area contributed by atoms with Crippen molar-refractivity contribution in [3.8, 4) is 0 Å². The molecule has 0 radical (unpaired) electrons. The Morgan fingerprint density at radius 1 is 1.47 bits per heavy atom. The molecule has 2 heterocycles. The lowest BCUT2D eigenvalue weighted by molar-refractivity contribution is 0.0945. The Morgan fingerprint density at radius 2 is 2.26 bits per heavy atom.